The van der Waals surface area contributed by atoms with Gasteiger partial charge in [-0.1, -0.05) is 44.2 Å². The minimum Gasteiger partial charge on any atom is -0.376 e. The quantitative estimate of drug-likeness (QED) is 0.627. The highest BCUT2D eigenvalue weighted by Crippen LogP contribution is 2.20. The molecule has 1 atom stereocenters. The summed E-state index contributed by atoms with van der Waals surface area (Å²) in [5, 5.41) is 6.80. The van der Waals surface area contributed by atoms with Crippen molar-refractivity contribution in [3.63, 3.8) is 0 Å². The van der Waals surface area contributed by atoms with Crippen LogP contribution in [0.1, 0.15) is 32.3 Å². The Morgan fingerprint density at radius 3 is 2.68 bits per heavy atom. The fourth-order valence-electron chi connectivity index (χ4n) is 2.77. The monoisotopic (exact) mass is 303 g/mol. The molecule has 1 aromatic rings. The first-order valence-electron chi connectivity index (χ1n) is 8.19. The predicted octanol–water partition coefficient (Wildman–Crippen LogP) is 2.60. The number of rotatable bonds is 6. The van der Waals surface area contributed by atoms with Gasteiger partial charge < -0.3 is 15.4 Å². The zero-order valence-corrected chi connectivity index (χ0v) is 14.1. The van der Waals surface area contributed by atoms with Crippen molar-refractivity contribution in [1.29, 1.82) is 0 Å². The summed E-state index contributed by atoms with van der Waals surface area (Å²) in [4.78, 5) is 4.30. The van der Waals surface area contributed by atoms with Crippen molar-refractivity contribution in [3.05, 3.63) is 35.9 Å². The zero-order chi connectivity index (χ0) is 15.8. The van der Waals surface area contributed by atoms with E-state index in [0.29, 0.717) is 6.10 Å². The largest absolute Gasteiger partial charge is 0.376 e. The molecule has 4 heteroatoms. The van der Waals surface area contributed by atoms with Gasteiger partial charge in [0, 0.05) is 26.7 Å². The van der Waals surface area contributed by atoms with Gasteiger partial charge in [0.15, 0.2) is 5.96 Å². The highest BCUT2D eigenvalue weighted by atomic mass is 16.5. The molecule has 2 N–H and O–H groups in total. The molecule has 0 saturated carbocycles. The Kier molecular flexibility index (Phi) is 6.25. The van der Waals surface area contributed by atoms with E-state index in [1.54, 1.807) is 0 Å². The number of nitrogens with zero attached hydrogens (tertiary/aromatic N) is 1. The van der Waals surface area contributed by atoms with E-state index in [-0.39, 0.29) is 5.41 Å². The average molecular weight is 303 g/mol. The van der Waals surface area contributed by atoms with E-state index in [1.165, 1.54) is 12.0 Å². The third-order valence-electron chi connectivity index (χ3n) is 4.00. The van der Waals surface area contributed by atoms with Gasteiger partial charge in [-0.15, -0.1) is 0 Å². The standard InChI is InChI=1S/C18H29N3O/c1-18(2,12-15-8-5-4-6-9-15)14-21-17(19-3)20-13-16-10-7-11-22-16/h4-6,8-9,16H,7,10-14H2,1-3H3,(H2,19,20,21). The van der Waals surface area contributed by atoms with E-state index in [1.807, 2.05) is 7.05 Å². The lowest BCUT2D eigenvalue weighted by Gasteiger charge is -2.26. The predicted molar refractivity (Wildman–Crippen MR) is 92.3 cm³/mol. The normalized spacial score (nSPS) is 19.2. The molecule has 1 aliphatic heterocycles. The van der Waals surface area contributed by atoms with Crippen molar-refractivity contribution in [2.75, 3.05) is 26.7 Å². The highest BCUT2D eigenvalue weighted by Gasteiger charge is 2.20. The molecule has 0 amide bonds. The fraction of sp³-hybridized carbons (Fsp3) is 0.611. The molecule has 1 saturated heterocycles. The number of aliphatic imine (C=N–C) groups is 1. The van der Waals surface area contributed by atoms with Crippen LogP contribution in [0.4, 0.5) is 0 Å². The van der Waals surface area contributed by atoms with Crippen LogP contribution in [-0.2, 0) is 11.2 Å². The molecule has 1 heterocycles. The number of ether oxygens (including phenoxy) is 1. The Hall–Kier alpha value is -1.55. The molecule has 2 rings (SSSR count). The molecule has 0 bridgehead atoms. The molecule has 0 aromatic heterocycles. The van der Waals surface area contributed by atoms with Gasteiger partial charge in [-0.3, -0.25) is 4.99 Å². The van der Waals surface area contributed by atoms with E-state index >= 15 is 0 Å². The van der Waals surface area contributed by atoms with Crippen molar-refractivity contribution < 1.29 is 4.74 Å². The number of guanidine groups is 1. The van der Waals surface area contributed by atoms with Crippen LogP contribution in [0.3, 0.4) is 0 Å². The van der Waals surface area contributed by atoms with Crippen LogP contribution in [0.2, 0.25) is 0 Å². The third kappa shape index (κ3) is 5.68. The number of hydrogen-bond donors (Lipinski definition) is 2. The van der Waals surface area contributed by atoms with Gasteiger partial charge in [-0.05, 0) is 30.2 Å². The Balaban J connectivity index is 1.76. The summed E-state index contributed by atoms with van der Waals surface area (Å²) in [5.41, 5.74) is 1.54. The topological polar surface area (TPSA) is 45.7 Å². The summed E-state index contributed by atoms with van der Waals surface area (Å²) in [6.07, 6.45) is 3.69. The van der Waals surface area contributed by atoms with Crippen LogP contribution in [0.5, 0.6) is 0 Å². The molecule has 122 valence electrons. The number of hydrogen-bond acceptors (Lipinski definition) is 2. The summed E-state index contributed by atoms with van der Waals surface area (Å²) in [6.45, 7) is 7.16. The second-order valence-corrected chi connectivity index (χ2v) is 6.77. The first-order chi connectivity index (χ1) is 10.6. The van der Waals surface area contributed by atoms with Crippen LogP contribution in [0.15, 0.2) is 35.3 Å². The first-order valence-corrected chi connectivity index (χ1v) is 8.19. The van der Waals surface area contributed by atoms with Crippen LogP contribution in [0, 0.1) is 5.41 Å². The van der Waals surface area contributed by atoms with Crippen molar-refractivity contribution in [1.82, 2.24) is 10.6 Å². The lowest BCUT2D eigenvalue weighted by Crippen LogP contribution is -2.44. The van der Waals surface area contributed by atoms with E-state index < -0.39 is 0 Å². The Morgan fingerprint density at radius 1 is 1.27 bits per heavy atom. The first kappa shape index (κ1) is 16.8. The summed E-state index contributed by atoms with van der Waals surface area (Å²) in [7, 11) is 1.81. The Bertz CT molecular complexity index is 464. The molecule has 4 nitrogen and oxygen atoms in total. The summed E-state index contributed by atoms with van der Waals surface area (Å²) in [5.74, 6) is 0.858. The lowest BCUT2D eigenvalue weighted by molar-refractivity contribution is 0.113. The van der Waals surface area contributed by atoms with Gasteiger partial charge in [0.25, 0.3) is 0 Å². The van der Waals surface area contributed by atoms with Gasteiger partial charge in [0.1, 0.15) is 0 Å². The van der Waals surface area contributed by atoms with Gasteiger partial charge >= 0.3 is 0 Å². The minimum absolute atomic E-state index is 0.169. The maximum absolute atomic E-state index is 5.63. The maximum atomic E-state index is 5.63. The van der Waals surface area contributed by atoms with Gasteiger partial charge in [0.05, 0.1) is 6.10 Å². The maximum Gasteiger partial charge on any atom is 0.191 e. The van der Waals surface area contributed by atoms with Crippen molar-refractivity contribution in [2.45, 2.75) is 39.2 Å². The second kappa shape index (κ2) is 8.18. The Morgan fingerprint density at radius 2 is 2.05 bits per heavy atom. The van der Waals surface area contributed by atoms with Gasteiger partial charge in [-0.25, -0.2) is 0 Å². The van der Waals surface area contributed by atoms with Gasteiger partial charge in [0.2, 0.25) is 0 Å². The van der Waals surface area contributed by atoms with Crippen molar-refractivity contribution in [2.24, 2.45) is 10.4 Å². The van der Waals surface area contributed by atoms with Crippen LogP contribution in [0.25, 0.3) is 0 Å². The van der Waals surface area contributed by atoms with Crippen LogP contribution < -0.4 is 10.6 Å². The fourth-order valence-corrected chi connectivity index (χ4v) is 2.77. The van der Waals surface area contributed by atoms with Crippen LogP contribution in [-0.4, -0.2) is 38.8 Å². The Labute approximate surface area is 134 Å². The molecule has 22 heavy (non-hydrogen) atoms. The van der Waals surface area contributed by atoms with E-state index in [4.69, 9.17) is 4.74 Å². The summed E-state index contributed by atoms with van der Waals surface area (Å²) >= 11 is 0. The van der Waals surface area contributed by atoms with Crippen molar-refractivity contribution >= 4 is 5.96 Å². The van der Waals surface area contributed by atoms with Crippen LogP contribution >= 0.6 is 0 Å². The smallest absolute Gasteiger partial charge is 0.191 e. The van der Waals surface area contributed by atoms with Gasteiger partial charge in [-0.2, -0.15) is 0 Å². The molecule has 1 aliphatic rings. The van der Waals surface area contributed by atoms with E-state index in [9.17, 15) is 0 Å². The zero-order valence-electron chi connectivity index (χ0n) is 14.1. The van der Waals surface area contributed by atoms with E-state index in [2.05, 4.69) is 59.8 Å². The molecular weight excluding hydrogens is 274 g/mol. The molecule has 1 fully saturated rings. The average Bonchev–Trinajstić information content (AvgIpc) is 3.01. The number of nitrogens with one attached hydrogen (secondary N) is 2. The molecule has 0 spiro atoms. The minimum atomic E-state index is 0.169. The molecular formula is C18H29N3O. The highest BCUT2D eigenvalue weighted by molar-refractivity contribution is 5.79. The number of benzene rings is 1. The second-order valence-electron chi connectivity index (χ2n) is 6.77. The SMILES string of the molecule is CN=C(NCC1CCCO1)NCC(C)(C)Cc1ccccc1. The molecule has 1 unspecified atom stereocenters. The third-order valence-corrected chi connectivity index (χ3v) is 4.00. The molecule has 0 radical (unpaired) electrons. The summed E-state index contributed by atoms with van der Waals surface area (Å²) in [6, 6.07) is 10.6. The van der Waals surface area contributed by atoms with Crippen molar-refractivity contribution in [3.8, 4) is 0 Å². The summed E-state index contributed by atoms with van der Waals surface area (Å²) < 4.78 is 5.63. The molecule has 0 aliphatic carbocycles. The molecule has 1 aromatic carbocycles. The van der Waals surface area contributed by atoms with E-state index in [0.717, 1.165) is 38.5 Å². The lowest BCUT2D eigenvalue weighted by atomic mass is 9.86.